The Labute approximate surface area is 130 Å². The Balaban J connectivity index is 1.87. The first kappa shape index (κ1) is 15.8. The van der Waals surface area contributed by atoms with Gasteiger partial charge in [-0.3, -0.25) is 9.98 Å². The smallest absolute Gasteiger partial charge is 0.124 e. The van der Waals surface area contributed by atoms with Crippen molar-refractivity contribution in [2.75, 3.05) is 13.1 Å². The zero-order chi connectivity index (χ0) is 15.9. The van der Waals surface area contributed by atoms with E-state index in [4.69, 9.17) is 0 Å². The van der Waals surface area contributed by atoms with Crippen LogP contribution in [0.25, 0.3) is 0 Å². The molecule has 0 atom stereocenters. The molecule has 0 heterocycles. The predicted molar refractivity (Wildman–Crippen MR) is 90.6 cm³/mol. The lowest BCUT2D eigenvalue weighted by Gasteiger charge is -2.00. The molecule has 0 saturated heterocycles. The Kier molecular flexibility index (Phi) is 5.31. The highest BCUT2D eigenvalue weighted by atomic mass is 16.3. The van der Waals surface area contributed by atoms with E-state index < -0.39 is 0 Å². The van der Waals surface area contributed by atoms with E-state index in [1.807, 2.05) is 38.1 Å². The van der Waals surface area contributed by atoms with Crippen LogP contribution >= 0.6 is 0 Å². The average molecular weight is 296 g/mol. The summed E-state index contributed by atoms with van der Waals surface area (Å²) < 4.78 is 0. The summed E-state index contributed by atoms with van der Waals surface area (Å²) in [6.07, 6.45) is 3.30. The molecule has 0 aliphatic carbocycles. The lowest BCUT2D eigenvalue weighted by atomic mass is 10.1. The quantitative estimate of drug-likeness (QED) is 0.657. The summed E-state index contributed by atoms with van der Waals surface area (Å²) in [6.45, 7) is 4.94. The summed E-state index contributed by atoms with van der Waals surface area (Å²) in [5, 5.41) is 19.4. The molecule has 2 rings (SSSR count). The van der Waals surface area contributed by atoms with E-state index in [2.05, 4.69) is 9.98 Å². The van der Waals surface area contributed by atoms with Crippen LogP contribution in [0.1, 0.15) is 22.3 Å². The molecule has 0 amide bonds. The van der Waals surface area contributed by atoms with Crippen LogP contribution in [0.3, 0.4) is 0 Å². The SMILES string of the molecule is Cc1ccc(C=NCCN=Cc2cc(C)ccc2O)c(O)c1. The van der Waals surface area contributed by atoms with E-state index in [-0.39, 0.29) is 11.5 Å². The monoisotopic (exact) mass is 296 g/mol. The topological polar surface area (TPSA) is 65.2 Å². The van der Waals surface area contributed by atoms with Gasteiger partial charge in [-0.05, 0) is 43.7 Å². The summed E-state index contributed by atoms with van der Waals surface area (Å²) in [5.41, 5.74) is 3.50. The zero-order valence-electron chi connectivity index (χ0n) is 12.8. The molecule has 4 heteroatoms. The van der Waals surface area contributed by atoms with Gasteiger partial charge in [0.15, 0.2) is 0 Å². The number of aliphatic imine (C=N–C) groups is 2. The summed E-state index contributed by atoms with van der Waals surface area (Å²) in [5.74, 6) is 0.458. The van der Waals surface area contributed by atoms with E-state index >= 15 is 0 Å². The molecule has 0 fully saturated rings. The van der Waals surface area contributed by atoms with Gasteiger partial charge >= 0.3 is 0 Å². The third-order valence-electron chi connectivity index (χ3n) is 3.19. The Hall–Kier alpha value is -2.62. The highest BCUT2D eigenvalue weighted by Gasteiger charge is 1.98. The van der Waals surface area contributed by atoms with Crippen LogP contribution in [0.2, 0.25) is 0 Å². The Morgan fingerprint density at radius 2 is 1.36 bits per heavy atom. The van der Waals surface area contributed by atoms with Crippen molar-refractivity contribution in [3.8, 4) is 11.5 Å². The first-order valence-electron chi connectivity index (χ1n) is 7.15. The lowest BCUT2D eigenvalue weighted by Crippen LogP contribution is -1.91. The predicted octanol–water partition coefficient (Wildman–Crippen LogP) is 3.25. The minimum absolute atomic E-state index is 0.224. The van der Waals surface area contributed by atoms with Crippen LogP contribution in [0.4, 0.5) is 0 Å². The van der Waals surface area contributed by atoms with Gasteiger partial charge in [0, 0.05) is 23.6 Å². The molecule has 0 aliphatic heterocycles. The maximum Gasteiger partial charge on any atom is 0.124 e. The molecule has 2 N–H and O–H groups in total. The molecule has 22 heavy (non-hydrogen) atoms. The highest BCUT2D eigenvalue weighted by molar-refractivity contribution is 5.84. The fraction of sp³-hybridized carbons (Fsp3) is 0.222. The summed E-state index contributed by atoms with van der Waals surface area (Å²) in [6, 6.07) is 10.9. The van der Waals surface area contributed by atoms with Crippen molar-refractivity contribution in [2.45, 2.75) is 13.8 Å². The van der Waals surface area contributed by atoms with E-state index in [9.17, 15) is 10.2 Å². The first-order valence-corrected chi connectivity index (χ1v) is 7.15. The van der Waals surface area contributed by atoms with E-state index in [0.29, 0.717) is 24.2 Å². The van der Waals surface area contributed by atoms with Crippen molar-refractivity contribution in [3.05, 3.63) is 58.7 Å². The number of phenols is 2. The molecule has 0 saturated carbocycles. The van der Waals surface area contributed by atoms with Crippen LogP contribution in [0.15, 0.2) is 46.4 Å². The molecule has 4 nitrogen and oxygen atoms in total. The van der Waals surface area contributed by atoms with Crippen LogP contribution < -0.4 is 0 Å². The van der Waals surface area contributed by atoms with Crippen molar-refractivity contribution in [1.82, 2.24) is 0 Å². The molecule has 0 spiro atoms. The minimum atomic E-state index is 0.224. The van der Waals surface area contributed by atoms with Crippen molar-refractivity contribution in [3.63, 3.8) is 0 Å². The van der Waals surface area contributed by atoms with Gasteiger partial charge in [0.05, 0.1) is 13.1 Å². The van der Waals surface area contributed by atoms with Crippen LogP contribution in [0, 0.1) is 13.8 Å². The Morgan fingerprint density at radius 3 is 2.05 bits per heavy atom. The highest BCUT2D eigenvalue weighted by Crippen LogP contribution is 2.16. The molecular formula is C18H20N2O2. The molecule has 0 unspecified atom stereocenters. The summed E-state index contributed by atoms with van der Waals surface area (Å²) >= 11 is 0. The standard InChI is InChI=1S/C18H20N2O2/c1-13-4-6-17(21)16(9-13)12-20-8-7-19-11-15-5-3-14(2)10-18(15)22/h3-6,9-12,21-22H,7-8H2,1-2H3. The average Bonchev–Trinajstić information content (AvgIpc) is 2.48. The maximum atomic E-state index is 9.75. The van der Waals surface area contributed by atoms with Gasteiger partial charge in [0.2, 0.25) is 0 Å². The van der Waals surface area contributed by atoms with Gasteiger partial charge < -0.3 is 10.2 Å². The van der Waals surface area contributed by atoms with E-state index in [1.165, 1.54) is 0 Å². The van der Waals surface area contributed by atoms with Gasteiger partial charge in [0.1, 0.15) is 11.5 Å². The number of hydrogen-bond acceptors (Lipinski definition) is 4. The van der Waals surface area contributed by atoms with Gasteiger partial charge in [0.25, 0.3) is 0 Å². The van der Waals surface area contributed by atoms with Crippen LogP contribution in [-0.2, 0) is 0 Å². The molecule has 0 aromatic heterocycles. The molecular weight excluding hydrogens is 276 g/mol. The van der Waals surface area contributed by atoms with Crippen molar-refractivity contribution < 1.29 is 10.2 Å². The number of nitrogens with zero attached hydrogens (tertiary/aromatic N) is 2. The van der Waals surface area contributed by atoms with Crippen molar-refractivity contribution >= 4 is 12.4 Å². The Morgan fingerprint density at radius 1 is 0.773 bits per heavy atom. The third kappa shape index (κ3) is 4.45. The number of hydrogen-bond donors (Lipinski definition) is 2. The van der Waals surface area contributed by atoms with Crippen molar-refractivity contribution in [1.29, 1.82) is 0 Å². The minimum Gasteiger partial charge on any atom is -0.507 e. The number of phenolic OH excluding ortho intramolecular Hbond substituents is 2. The molecule has 2 aromatic rings. The molecule has 114 valence electrons. The second kappa shape index (κ2) is 7.41. The van der Waals surface area contributed by atoms with Crippen molar-refractivity contribution in [2.24, 2.45) is 9.98 Å². The fourth-order valence-corrected chi connectivity index (χ4v) is 1.98. The lowest BCUT2D eigenvalue weighted by molar-refractivity contribution is 0.473. The largest absolute Gasteiger partial charge is 0.507 e. The van der Waals surface area contributed by atoms with Gasteiger partial charge in [-0.2, -0.15) is 0 Å². The van der Waals surface area contributed by atoms with Gasteiger partial charge in [-0.25, -0.2) is 0 Å². The number of rotatable bonds is 5. The van der Waals surface area contributed by atoms with E-state index in [1.54, 1.807) is 24.6 Å². The maximum absolute atomic E-state index is 9.75. The molecule has 0 radical (unpaired) electrons. The van der Waals surface area contributed by atoms with Crippen LogP contribution in [0.5, 0.6) is 11.5 Å². The number of aromatic hydroxyl groups is 2. The molecule has 0 aliphatic rings. The zero-order valence-corrected chi connectivity index (χ0v) is 12.8. The second-order valence-corrected chi connectivity index (χ2v) is 5.20. The van der Waals surface area contributed by atoms with Gasteiger partial charge in [-0.1, -0.05) is 17.7 Å². The third-order valence-corrected chi connectivity index (χ3v) is 3.19. The molecule has 0 bridgehead atoms. The summed E-state index contributed by atoms with van der Waals surface area (Å²) in [7, 11) is 0. The Bertz CT molecular complexity index is 706. The first-order chi connectivity index (χ1) is 10.6. The van der Waals surface area contributed by atoms with E-state index in [0.717, 1.165) is 11.1 Å². The van der Waals surface area contributed by atoms with Crippen LogP contribution in [-0.4, -0.2) is 35.7 Å². The summed E-state index contributed by atoms with van der Waals surface area (Å²) in [4.78, 5) is 8.49. The molecule has 2 aromatic carbocycles. The number of aryl methyl sites for hydroxylation is 2. The second-order valence-electron chi connectivity index (χ2n) is 5.20. The number of benzene rings is 2. The normalized spacial score (nSPS) is 11.5. The fourth-order valence-electron chi connectivity index (χ4n) is 1.98. The van der Waals surface area contributed by atoms with Gasteiger partial charge in [-0.15, -0.1) is 0 Å².